The largest absolute Gasteiger partial charge is 0.379 e. The van der Waals surface area contributed by atoms with Crippen LogP contribution in [0.25, 0.3) is 22.3 Å². The average molecular weight is 453 g/mol. The van der Waals surface area contributed by atoms with Crippen molar-refractivity contribution in [3.8, 4) is 11.3 Å². The van der Waals surface area contributed by atoms with Gasteiger partial charge in [0.25, 0.3) is 0 Å². The van der Waals surface area contributed by atoms with Gasteiger partial charge in [-0.15, -0.1) is 0 Å². The first-order valence-electron chi connectivity index (χ1n) is 11.7. The van der Waals surface area contributed by atoms with Crippen LogP contribution in [0.5, 0.6) is 0 Å². The Bertz CT molecular complexity index is 1120. The number of ether oxygens (including phenoxy) is 1. The van der Waals surface area contributed by atoms with Crippen LogP contribution in [0.1, 0.15) is 13.8 Å². The van der Waals surface area contributed by atoms with Crippen molar-refractivity contribution in [2.24, 2.45) is 5.92 Å². The van der Waals surface area contributed by atoms with Crippen molar-refractivity contribution in [3.05, 3.63) is 24.5 Å². The SMILES string of the molecule is CC(C)C1C(=O)N(C)CCN1c1ccc2[nH]nc(-c3cnn(CCN4CCOCC4)c3)c2n1. The molecule has 3 aromatic rings. The standard InChI is InChI=1S/C23H32N8O2/c1-16(2)22-23(32)28(3)6-9-31(22)19-5-4-18-21(25-19)20(27-26-18)17-14-24-30(15-17)8-7-29-10-12-33-13-11-29/h4-5,14-16,22H,6-13H2,1-3H3,(H,26,27). The Labute approximate surface area is 193 Å². The lowest BCUT2D eigenvalue weighted by atomic mass is 9.98. The number of nitrogens with one attached hydrogen (secondary N) is 1. The van der Waals surface area contributed by atoms with Gasteiger partial charge in [-0.2, -0.15) is 10.2 Å². The maximum atomic E-state index is 12.8. The van der Waals surface area contributed by atoms with E-state index in [0.29, 0.717) is 6.54 Å². The third kappa shape index (κ3) is 4.32. The van der Waals surface area contributed by atoms with Crippen LogP contribution in [-0.4, -0.2) is 99.7 Å². The predicted molar refractivity (Wildman–Crippen MR) is 126 cm³/mol. The summed E-state index contributed by atoms with van der Waals surface area (Å²) in [5.74, 6) is 1.14. The summed E-state index contributed by atoms with van der Waals surface area (Å²) < 4.78 is 7.38. The minimum Gasteiger partial charge on any atom is -0.379 e. The quantitative estimate of drug-likeness (QED) is 0.605. The van der Waals surface area contributed by atoms with E-state index in [2.05, 4.69) is 38.9 Å². The van der Waals surface area contributed by atoms with Crippen molar-refractivity contribution in [3.63, 3.8) is 0 Å². The number of fused-ring (bicyclic) bond motifs is 1. The molecule has 2 fully saturated rings. The molecule has 1 amide bonds. The second kappa shape index (κ2) is 9.11. The van der Waals surface area contributed by atoms with E-state index in [4.69, 9.17) is 9.72 Å². The molecule has 5 rings (SSSR count). The van der Waals surface area contributed by atoms with Crippen LogP contribution in [0.15, 0.2) is 24.5 Å². The van der Waals surface area contributed by atoms with Gasteiger partial charge in [-0.1, -0.05) is 13.8 Å². The fourth-order valence-electron chi connectivity index (χ4n) is 4.69. The maximum absolute atomic E-state index is 12.8. The molecule has 0 bridgehead atoms. The average Bonchev–Trinajstić information content (AvgIpc) is 3.46. The number of carbonyl (C=O) groups is 1. The molecule has 3 aromatic heterocycles. The van der Waals surface area contributed by atoms with E-state index in [1.807, 2.05) is 41.2 Å². The van der Waals surface area contributed by atoms with Crippen LogP contribution in [-0.2, 0) is 16.1 Å². The summed E-state index contributed by atoms with van der Waals surface area (Å²) in [5, 5.41) is 12.2. The van der Waals surface area contributed by atoms with Gasteiger partial charge in [0.15, 0.2) is 0 Å². The van der Waals surface area contributed by atoms with Gasteiger partial charge in [-0.25, -0.2) is 4.98 Å². The fourth-order valence-corrected chi connectivity index (χ4v) is 4.69. The summed E-state index contributed by atoms with van der Waals surface area (Å²) in [6.45, 7) is 10.9. The molecule has 1 atom stereocenters. The van der Waals surface area contributed by atoms with Crippen LogP contribution in [0.3, 0.4) is 0 Å². The summed E-state index contributed by atoms with van der Waals surface area (Å²) in [5.41, 5.74) is 3.39. The molecule has 176 valence electrons. The first-order valence-corrected chi connectivity index (χ1v) is 11.7. The summed E-state index contributed by atoms with van der Waals surface area (Å²) in [7, 11) is 1.87. The number of hydrogen-bond donors (Lipinski definition) is 1. The molecule has 10 heteroatoms. The lowest BCUT2D eigenvalue weighted by molar-refractivity contribution is -0.134. The topological polar surface area (TPSA) is 95.4 Å². The molecular weight excluding hydrogens is 420 g/mol. The molecule has 0 radical (unpaired) electrons. The molecule has 5 heterocycles. The van der Waals surface area contributed by atoms with Crippen molar-refractivity contribution in [2.75, 3.05) is 57.9 Å². The predicted octanol–water partition coefficient (Wildman–Crippen LogP) is 1.46. The van der Waals surface area contributed by atoms with E-state index in [9.17, 15) is 4.79 Å². The van der Waals surface area contributed by atoms with Crippen LogP contribution in [0.4, 0.5) is 5.82 Å². The van der Waals surface area contributed by atoms with E-state index in [-0.39, 0.29) is 17.9 Å². The molecule has 0 aromatic carbocycles. The van der Waals surface area contributed by atoms with Crippen molar-refractivity contribution in [2.45, 2.75) is 26.4 Å². The van der Waals surface area contributed by atoms with Crippen molar-refractivity contribution >= 4 is 22.8 Å². The molecular formula is C23H32N8O2. The maximum Gasteiger partial charge on any atom is 0.245 e. The highest BCUT2D eigenvalue weighted by molar-refractivity contribution is 5.91. The highest BCUT2D eigenvalue weighted by Crippen LogP contribution is 2.29. The van der Waals surface area contributed by atoms with Gasteiger partial charge in [0, 0.05) is 51.5 Å². The summed E-state index contributed by atoms with van der Waals surface area (Å²) >= 11 is 0. The number of anilines is 1. The fraction of sp³-hybridized carbons (Fsp3) is 0.565. The molecule has 1 unspecified atom stereocenters. The summed E-state index contributed by atoms with van der Waals surface area (Å²) in [6, 6.07) is 3.76. The van der Waals surface area contributed by atoms with Crippen molar-refractivity contribution in [1.82, 2.24) is 34.8 Å². The number of aromatic nitrogens is 5. The number of aromatic amines is 1. The Morgan fingerprint density at radius 1 is 1.15 bits per heavy atom. The van der Waals surface area contributed by atoms with Gasteiger partial charge >= 0.3 is 0 Å². The van der Waals surface area contributed by atoms with Crippen LogP contribution in [0, 0.1) is 5.92 Å². The van der Waals surface area contributed by atoms with Gasteiger partial charge in [0.05, 0.1) is 31.5 Å². The molecule has 10 nitrogen and oxygen atoms in total. The molecule has 0 aliphatic carbocycles. The molecule has 0 saturated carbocycles. The first kappa shape index (κ1) is 21.8. The number of morpholine rings is 1. The number of likely N-dealkylation sites (N-methyl/N-ethyl adjacent to an activating group) is 1. The lowest BCUT2D eigenvalue weighted by Crippen LogP contribution is -2.58. The van der Waals surface area contributed by atoms with Crippen LogP contribution < -0.4 is 4.90 Å². The van der Waals surface area contributed by atoms with Gasteiger partial charge in [0.2, 0.25) is 5.91 Å². The summed E-state index contributed by atoms with van der Waals surface area (Å²) in [6.07, 6.45) is 3.88. The normalized spacial score (nSPS) is 20.4. The van der Waals surface area contributed by atoms with E-state index >= 15 is 0 Å². The monoisotopic (exact) mass is 452 g/mol. The van der Waals surface area contributed by atoms with Crippen LogP contribution in [0.2, 0.25) is 0 Å². The minimum absolute atomic E-state index is 0.145. The number of rotatable bonds is 6. The number of hydrogen-bond acceptors (Lipinski definition) is 7. The van der Waals surface area contributed by atoms with Crippen molar-refractivity contribution in [1.29, 1.82) is 0 Å². The second-order valence-corrected chi connectivity index (χ2v) is 9.23. The van der Waals surface area contributed by atoms with Gasteiger partial charge < -0.3 is 14.5 Å². The number of amides is 1. The molecule has 0 spiro atoms. The third-order valence-corrected chi connectivity index (χ3v) is 6.62. The lowest BCUT2D eigenvalue weighted by Gasteiger charge is -2.41. The van der Waals surface area contributed by atoms with Crippen LogP contribution >= 0.6 is 0 Å². The van der Waals surface area contributed by atoms with Gasteiger partial charge in [0.1, 0.15) is 23.1 Å². The van der Waals surface area contributed by atoms with Crippen molar-refractivity contribution < 1.29 is 9.53 Å². The van der Waals surface area contributed by atoms with E-state index in [1.54, 1.807) is 0 Å². The summed E-state index contributed by atoms with van der Waals surface area (Å²) in [4.78, 5) is 24.1. The smallest absolute Gasteiger partial charge is 0.245 e. The highest BCUT2D eigenvalue weighted by Gasteiger charge is 2.36. The Kier molecular flexibility index (Phi) is 6.03. The zero-order chi connectivity index (χ0) is 22.9. The number of nitrogens with zero attached hydrogens (tertiary/aromatic N) is 7. The van der Waals surface area contributed by atoms with E-state index < -0.39 is 0 Å². The number of piperazine rings is 1. The second-order valence-electron chi connectivity index (χ2n) is 9.23. The number of pyridine rings is 1. The molecule has 2 aliphatic rings. The van der Waals surface area contributed by atoms with E-state index in [0.717, 1.165) is 74.0 Å². The minimum atomic E-state index is -0.216. The highest BCUT2D eigenvalue weighted by atomic mass is 16.5. The third-order valence-electron chi connectivity index (χ3n) is 6.62. The first-order chi connectivity index (χ1) is 16.0. The molecule has 33 heavy (non-hydrogen) atoms. The zero-order valence-corrected chi connectivity index (χ0v) is 19.6. The molecule has 2 aliphatic heterocycles. The van der Waals surface area contributed by atoms with Gasteiger partial charge in [-0.05, 0) is 18.1 Å². The van der Waals surface area contributed by atoms with E-state index in [1.165, 1.54) is 0 Å². The Hall–Kier alpha value is -2.98. The zero-order valence-electron chi connectivity index (χ0n) is 19.6. The Morgan fingerprint density at radius 2 is 1.97 bits per heavy atom. The number of carbonyl (C=O) groups excluding carboxylic acids is 1. The number of H-pyrrole nitrogens is 1. The molecule has 1 N–H and O–H groups in total. The van der Waals surface area contributed by atoms with Gasteiger partial charge in [-0.3, -0.25) is 19.5 Å². The Balaban J connectivity index is 1.39. The Morgan fingerprint density at radius 3 is 2.76 bits per heavy atom. The molecule has 2 saturated heterocycles.